The van der Waals surface area contributed by atoms with Crippen LogP contribution in [0.2, 0.25) is 0 Å². The molecule has 92 valence electrons. The van der Waals surface area contributed by atoms with Crippen LogP contribution in [0.4, 0.5) is 17.3 Å². The Morgan fingerprint density at radius 1 is 1.53 bits per heavy atom. The Morgan fingerprint density at radius 2 is 2.41 bits per heavy atom. The fourth-order valence-corrected chi connectivity index (χ4v) is 2.36. The lowest BCUT2D eigenvalue weighted by molar-refractivity contribution is 0.0668. The van der Waals surface area contributed by atoms with Gasteiger partial charge in [0.25, 0.3) is 0 Å². The van der Waals surface area contributed by atoms with Gasteiger partial charge in [-0.2, -0.15) is 0 Å². The number of aromatic nitrogens is 2. The van der Waals surface area contributed by atoms with E-state index < -0.39 is 0 Å². The summed E-state index contributed by atoms with van der Waals surface area (Å²) in [5.41, 5.74) is 9.77. The van der Waals surface area contributed by atoms with Crippen molar-refractivity contribution in [2.24, 2.45) is 0 Å². The van der Waals surface area contributed by atoms with Gasteiger partial charge in [0.2, 0.25) is 0 Å². The van der Waals surface area contributed by atoms with Crippen molar-refractivity contribution in [1.82, 2.24) is 15.1 Å². The van der Waals surface area contributed by atoms with Crippen LogP contribution in [0.1, 0.15) is 12.8 Å². The second-order valence-electron chi connectivity index (χ2n) is 4.31. The first-order valence-corrected chi connectivity index (χ1v) is 5.75. The minimum atomic E-state index is 0.303. The Balaban J connectivity index is 1.93. The minimum Gasteiger partial charge on any atom is -0.382 e. The van der Waals surface area contributed by atoms with Gasteiger partial charge in [-0.3, -0.25) is 10.4 Å². The third kappa shape index (κ3) is 1.67. The third-order valence-corrected chi connectivity index (χ3v) is 3.15. The van der Waals surface area contributed by atoms with Crippen LogP contribution in [0.5, 0.6) is 0 Å². The molecule has 3 rings (SSSR count). The molecular weight excluding hydrogens is 220 g/mol. The van der Waals surface area contributed by atoms with Gasteiger partial charge in [0.1, 0.15) is 12.0 Å². The molecule has 7 heteroatoms. The Morgan fingerprint density at radius 3 is 3.18 bits per heavy atom. The van der Waals surface area contributed by atoms with Crippen LogP contribution < -0.4 is 16.2 Å². The molecule has 0 radical (unpaired) electrons. The summed E-state index contributed by atoms with van der Waals surface area (Å²) >= 11 is 0. The van der Waals surface area contributed by atoms with Crippen molar-refractivity contribution >= 4 is 17.3 Å². The van der Waals surface area contributed by atoms with E-state index in [2.05, 4.69) is 20.4 Å². The number of nitrogen functional groups attached to an aromatic ring is 1. The van der Waals surface area contributed by atoms with Crippen LogP contribution in [-0.2, 0) is 4.74 Å². The van der Waals surface area contributed by atoms with Crippen LogP contribution in [0.3, 0.4) is 0 Å². The summed E-state index contributed by atoms with van der Waals surface area (Å²) in [6, 6.07) is 0.303. The number of nitrogens with two attached hydrogens (primary N) is 1. The maximum atomic E-state index is 5.83. The van der Waals surface area contributed by atoms with E-state index in [-0.39, 0.29) is 0 Å². The maximum absolute atomic E-state index is 5.83. The number of anilines is 3. The highest BCUT2D eigenvalue weighted by atomic mass is 16.5. The van der Waals surface area contributed by atoms with E-state index in [4.69, 9.17) is 10.5 Å². The average molecular weight is 236 g/mol. The summed E-state index contributed by atoms with van der Waals surface area (Å²) in [7, 11) is 1.94. The molecule has 1 unspecified atom stereocenters. The van der Waals surface area contributed by atoms with E-state index in [0.717, 1.165) is 37.6 Å². The first-order chi connectivity index (χ1) is 8.27. The molecule has 1 atom stereocenters. The molecule has 0 bridgehead atoms. The number of fused-ring (bicyclic) bond motifs is 1. The third-order valence-electron chi connectivity index (χ3n) is 3.15. The van der Waals surface area contributed by atoms with E-state index >= 15 is 0 Å². The molecule has 0 spiro atoms. The van der Waals surface area contributed by atoms with Gasteiger partial charge in [-0.15, -0.1) is 5.12 Å². The van der Waals surface area contributed by atoms with Crippen molar-refractivity contribution in [1.29, 1.82) is 0 Å². The Hall–Kier alpha value is -1.60. The van der Waals surface area contributed by atoms with Gasteiger partial charge in [-0.05, 0) is 12.8 Å². The summed E-state index contributed by atoms with van der Waals surface area (Å²) < 4.78 is 5.52. The molecule has 7 nitrogen and oxygen atoms in total. The van der Waals surface area contributed by atoms with Crippen LogP contribution >= 0.6 is 0 Å². The predicted molar refractivity (Wildman–Crippen MR) is 64.2 cm³/mol. The Kier molecular flexibility index (Phi) is 2.49. The lowest BCUT2D eigenvalue weighted by Gasteiger charge is -2.35. The van der Waals surface area contributed by atoms with Crippen LogP contribution in [0.25, 0.3) is 0 Å². The lowest BCUT2D eigenvalue weighted by Crippen LogP contribution is -2.49. The fraction of sp³-hybridized carbons (Fsp3) is 0.600. The maximum Gasteiger partial charge on any atom is 0.175 e. The second-order valence-corrected chi connectivity index (χ2v) is 4.31. The summed E-state index contributed by atoms with van der Waals surface area (Å²) in [5, 5.41) is 3.99. The number of hydrogen-bond acceptors (Lipinski definition) is 7. The first kappa shape index (κ1) is 10.5. The molecule has 0 aromatic carbocycles. The summed E-state index contributed by atoms with van der Waals surface area (Å²) in [6.07, 6.45) is 3.66. The monoisotopic (exact) mass is 236 g/mol. The Labute approximate surface area is 99.5 Å². The molecule has 1 aromatic heterocycles. The molecule has 1 fully saturated rings. The molecule has 3 N–H and O–H groups in total. The van der Waals surface area contributed by atoms with Crippen molar-refractivity contribution < 1.29 is 4.74 Å². The molecule has 17 heavy (non-hydrogen) atoms. The molecular formula is C10H16N6O. The molecule has 2 aliphatic heterocycles. The topological polar surface area (TPSA) is 79.5 Å². The zero-order valence-electron chi connectivity index (χ0n) is 9.76. The largest absolute Gasteiger partial charge is 0.382 e. The lowest BCUT2D eigenvalue weighted by atomic mass is 10.1. The number of rotatable bonds is 1. The molecule has 3 heterocycles. The smallest absolute Gasteiger partial charge is 0.175 e. The van der Waals surface area contributed by atoms with Gasteiger partial charge in [-0.1, -0.05) is 0 Å². The number of hydrazine groups is 2. The number of hydrogen-bond donors (Lipinski definition) is 2. The van der Waals surface area contributed by atoms with E-state index in [0.29, 0.717) is 11.9 Å². The molecule has 0 amide bonds. The second kappa shape index (κ2) is 4.01. The highest BCUT2D eigenvalue weighted by molar-refractivity contribution is 5.78. The number of nitrogens with zero attached hydrogens (tertiary/aromatic N) is 4. The summed E-state index contributed by atoms with van der Waals surface area (Å²) in [5.74, 6) is 1.30. The summed E-state index contributed by atoms with van der Waals surface area (Å²) in [6.45, 7) is 1.57. The van der Waals surface area contributed by atoms with Crippen molar-refractivity contribution in [2.75, 3.05) is 36.4 Å². The fourth-order valence-electron chi connectivity index (χ4n) is 2.36. The Bertz CT molecular complexity index is 419. The zero-order chi connectivity index (χ0) is 11.8. The standard InChI is InChI=1S/C10H16N6O/c1-15-14-8-9(11)12-6-13-10(8)16(15)7-3-2-4-17-5-7/h6-7,14H,2-5H2,1H3,(H2,11,12,13). The molecule has 0 aliphatic carbocycles. The van der Waals surface area contributed by atoms with Gasteiger partial charge in [-0.25, -0.2) is 9.97 Å². The van der Waals surface area contributed by atoms with Gasteiger partial charge in [0.05, 0.1) is 12.6 Å². The molecule has 1 aromatic rings. The average Bonchev–Trinajstić information content (AvgIpc) is 2.68. The molecule has 0 saturated carbocycles. The van der Waals surface area contributed by atoms with E-state index in [1.54, 1.807) is 0 Å². The number of ether oxygens (including phenoxy) is 1. The van der Waals surface area contributed by atoms with Crippen molar-refractivity contribution in [3.8, 4) is 0 Å². The predicted octanol–water partition coefficient (Wildman–Crippen LogP) is 0.231. The van der Waals surface area contributed by atoms with E-state index in [1.807, 2.05) is 12.2 Å². The van der Waals surface area contributed by atoms with E-state index in [9.17, 15) is 0 Å². The first-order valence-electron chi connectivity index (χ1n) is 5.75. The summed E-state index contributed by atoms with van der Waals surface area (Å²) in [4.78, 5) is 8.29. The van der Waals surface area contributed by atoms with Crippen molar-refractivity contribution in [2.45, 2.75) is 18.9 Å². The van der Waals surface area contributed by atoms with Gasteiger partial charge < -0.3 is 10.5 Å². The van der Waals surface area contributed by atoms with Gasteiger partial charge in [0.15, 0.2) is 11.6 Å². The highest BCUT2D eigenvalue weighted by Crippen LogP contribution is 2.36. The van der Waals surface area contributed by atoms with Crippen LogP contribution in [-0.4, -0.2) is 41.4 Å². The normalized spacial score (nSPS) is 24.5. The highest BCUT2D eigenvalue weighted by Gasteiger charge is 2.34. The molecule has 2 aliphatic rings. The van der Waals surface area contributed by atoms with Gasteiger partial charge >= 0.3 is 0 Å². The van der Waals surface area contributed by atoms with E-state index in [1.165, 1.54) is 6.33 Å². The van der Waals surface area contributed by atoms with Crippen molar-refractivity contribution in [3.05, 3.63) is 6.33 Å². The molecule has 1 saturated heterocycles. The van der Waals surface area contributed by atoms with Gasteiger partial charge in [0, 0.05) is 13.7 Å². The number of nitrogens with one attached hydrogen (secondary N) is 1. The van der Waals surface area contributed by atoms with Crippen LogP contribution in [0, 0.1) is 0 Å². The SMILES string of the molecule is CN1Nc2c(N)ncnc2N1C1CCCOC1. The minimum absolute atomic E-state index is 0.303. The zero-order valence-corrected chi connectivity index (χ0v) is 9.76. The van der Waals surface area contributed by atoms with Crippen molar-refractivity contribution in [3.63, 3.8) is 0 Å². The van der Waals surface area contributed by atoms with Crippen LogP contribution in [0.15, 0.2) is 6.33 Å². The quantitative estimate of drug-likeness (QED) is 0.722.